The summed E-state index contributed by atoms with van der Waals surface area (Å²) in [6.07, 6.45) is 2.59. The summed E-state index contributed by atoms with van der Waals surface area (Å²) in [5, 5.41) is 0. The average Bonchev–Trinajstić information content (AvgIpc) is 3.16. The van der Waals surface area contributed by atoms with Crippen molar-refractivity contribution in [2.24, 2.45) is 11.8 Å². The quantitative estimate of drug-likeness (QED) is 0.364. The zero-order chi connectivity index (χ0) is 29.2. The summed E-state index contributed by atoms with van der Waals surface area (Å²) in [5.74, 6) is -0.0429. The van der Waals surface area contributed by atoms with Gasteiger partial charge >= 0.3 is 5.97 Å². The fourth-order valence-electron chi connectivity index (χ4n) is 5.81. The second kappa shape index (κ2) is 11.7. The van der Waals surface area contributed by atoms with Crippen LogP contribution in [0.1, 0.15) is 95.9 Å². The Hall–Kier alpha value is -2.93. The van der Waals surface area contributed by atoms with Crippen molar-refractivity contribution in [1.29, 1.82) is 0 Å². The first-order chi connectivity index (χ1) is 18.1. The Labute approximate surface area is 234 Å². The summed E-state index contributed by atoms with van der Waals surface area (Å²) in [7, 11) is 3.26. The van der Waals surface area contributed by atoms with Crippen molar-refractivity contribution in [3.05, 3.63) is 59.4 Å². The van der Waals surface area contributed by atoms with Crippen molar-refractivity contribution in [2.45, 2.75) is 90.8 Å². The van der Waals surface area contributed by atoms with Gasteiger partial charge in [-0.1, -0.05) is 46.8 Å². The zero-order valence-electron chi connectivity index (χ0n) is 25.3. The molecular formula is C32H46N2O5. The molecular weight excluding hydrogens is 492 g/mol. The predicted octanol–water partition coefficient (Wildman–Crippen LogP) is 6.36. The van der Waals surface area contributed by atoms with Crippen molar-refractivity contribution in [3.8, 4) is 5.75 Å². The lowest BCUT2D eigenvalue weighted by molar-refractivity contribution is -0.168. The van der Waals surface area contributed by atoms with Crippen molar-refractivity contribution >= 4 is 11.9 Å². The summed E-state index contributed by atoms with van der Waals surface area (Å²) in [6.45, 7) is 16.4. The Balaban J connectivity index is 2.28. The van der Waals surface area contributed by atoms with Gasteiger partial charge in [-0.15, -0.1) is 0 Å². The smallest absolute Gasteiger partial charge is 0.332 e. The van der Waals surface area contributed by atoms with E-state index in [0.29, 0.717) is 30.8 Å². The number of methoxy groups -OCH3 is 2. The topological polar surface area (TPSA) is 78.0 Å². The van der Waals surface area contributed by atoms with Gasteiger partial charge < -0.3 is 19.1 Å². The summed E-state index contributed by atoms with van der Waals surface area (Å²) < 4.78 is 17.4. The van der Waals surface area contributed by atoms with E-state index in [4.69, 9.17) is 14.2 Å². The molecule has 7 nitrogen and oxygen atoms in total. The molecule has 1 aromatic heterocycles. The molecule has 1 aliphatic rings. The zero-order valence-corrected chi connectivity index (χ0v) is 25.3. The molecule has 0 aliphatic carbocycles. The lowest BCUT2D eigenvalue weighted by Crippen LogP contribution is -2.56. The molecule has 2 aromatic rings. The van der Waals surface area contributed by atoms with E-state index in [9.17, 15) is 9.59 Å². The van der Waals surface area contributed by atoms with Crippen LogP contribution in [0, 0.1) is 11.8 Å². The predicted molar refractivity (Wildman–Crippen MR) is 153 cm³/mol. The molecule has 0 bridgehead atoms. The molecule has 1 saturated heterocycles. The normalized spacial score (nSPS) is 21.8. The molecule has 1 amide bonds. The number of likely N-dealkylation sites (tertiary alicyclic amines) is 1. The number of ether oxygens (including phenoxy) is 3. The molecule has 0 spiro atoms. The lowest BCUT2D eigenvalue weighted by Gasteiger charge is -2.41. The monoisotopic (exact) mass is 538 g/mol. The van der Waals surface area contributed by atoms with Gasteiger partial charge in [-0.05, 0) is 74.8 Å². The van der Waals surface area contributed by atoms with E-state index in [2.05, 4.69) is 39.6 Å². The van der Waals surface area contributed by atoms with Crippen molar-refractivity contribution in [3.63, 3.8) is 0 Å². The maximum Gasteiger partial charge on any atom is 0.332 e. The van der Waals surface area contributed by atoms with Crippen LogP contribution >= 0.6 is 0 Å². The van der Waals surface area contributed by atoms with Crippen LogP contribution in [0.25, 0.3) is 0 Å². The largest absolute Gasteiger partial charge is 0.496 e. The Bertz CT molecular complexity index is 1150. The molecule has 3 atom stereocenters. The minimum atomic E-state index is -1.19. The Morgan fingerprint density at radius 3 is 2.28 bits per heavy atom. The van der Waals surface area contributed by atoms with Crippen LogP contribution in [-0.2, 0) is 19.7 Å². The van der Waals surface area contributed by atoms with Gasteiger partial charge in [0, 0.05) is 24.8 Å². The second-order valence-electron chi connectivity index (χ2n) is 13.1. The average molecular weight is 539 g/mol. The molecule has 0 saturated carbocycles. The lowest BCUT2D eigenvalue weighted by atomic mass is 9.83. The highest BCUT2D eigenvalue weighted by Crippen LogP contribution is 2.51. The van der Waals surface area contributed by atoms with E-state index in [0.717, 1.165) is 11.3 Å². The summed E-state index contributed by atoms with van der Waals surface area (Å²) in [4.78, 5) is 35.3. The highest BCUT2D eigenvalue weighted by molar-refractivity contribution is 5.99. The molecule has 1 aliphatic heterocycles. The maximum absolute atomic E-state index is 14.7. The van der Waals surface area contributed by atoms with Gasteiger partial charge in [0.15, 0.2) is 0 Å². The van der Waals surface area contributed by atoms with Crippen LogP contribution < -0.4 is 4.74 Å². The van der Waals surface area contributed by atoms with Gasteiger partial charge in [0.1, 0.15) is 16.9 Å². The van der Waals surface area contributed by atoms with Crippen LogP contribution in [0.4, 0.5) is 0 Å². The van der Waals surface area contributed by atoms with Crippen LogP contribution in [-0.4, -0.2) is 53.7 Å². The number of hydrogen-bond acceptors (Lipinski definition) is 6. The Morgan fingerprint density at radius 1 is 1.08 bits per heavy atom. The SMILES string of the molecule is COC[C@@H]1C[C@@](CC(C)C)(C(=O)OC(C)(C)C)N(C(=O)c2ccc(C(C)(C)C)c(OC)c2)[C@H]1c1ccccn1. The number of amides is 1. The fourth-order valence-corrected chi connectivity index (χ4v) is 5.81. The minimum Gasteiger partial charge on any atom is -0.496 e. The van der Waals surface area contributed by atoms with E-state index in [1.54, 1.807) is 31.4 Å². The van der Waals surface area contributed by atoms with Crippen LogP contribution in [0.3, 0.4) is 0 Å². The summed E-state index contributed by atoms with van der Waals surface area (Å²) >= 11 is 0. The minimum absolute atomic E-state index is 0.122. The van der Waals surface area contributed by atoms with Gasteiger partial charge in [0.05, 0.1) is 25.5 Å². The first-order valence-electron chi connectivity index (χ1n) is 13.8. The van der Waals surface area contributed by atoms with Gasteiger partial charge in [-0.3, -0.25) is 9.78 Å². The number of esters is 1. The number of benzene rings is 1. The highest BCUT2D eigenvalue weighted by Gasteiger charge is 2.60. The number of aromatic nitrogens is 1. The van der Waals surface area contributed by atoms with Crippen molar-refractivity contribution in [1.82, 2.24) is 9.88 Å². The third kappa shape index (κ3) is 6.63. The highest BCUT2D eigenvalue weighted by atomic mass is 16.6. The van der Waals surface area contributed by atoms with E-state index in [1.165, 1.54) is 0 Å². The molecule has 3 rings (SSSR count). The fraction of sp³-hybridized carbons (Fsp3) is 0.594. The first-order valence-corrected chi connectivity index (χ1v) is 13.8. The molecule has 7 heteroatoms. The number of nitrogens with zero attached hydrogens (tertiary/aromatic N) is 2. The first kappa shape index (κ1) is 30.6. The van der Waals surface area contributed by atoms with Gasteiger partial charge in [0.2, 0.25) is 0 Å². The van der Waals surface area contributed by atoms with Crippen LogP contribution in [0.2, 0.25) is 0 Å². The van der Waals surface area contributed by atoms with Crippen LogP contribution in [0.15, 0.2) is 42.6 Å². The van der Waals surface area contributed by atoms with Gasteiger partial charge in [-0.25, -0.2) is 4.79 Å². The molecule has 39 heavy (non-hydrogen) atoms. The van der Waals surface area contributed by atoms with E-state index >= 15 is 0 Å². The van der Waals surface area contributed by atoms with Crippen molar-refractivity contribution < 1.29 is 23.8 Å². The maximum atomic E-state index is 14.7. The molecule has 0 N–H and O–H groups in total. The Kier molecular flexibility index (Phi) is 9.16. The standard InChI is InChI=1S/C32H46N2O5/c1-21(2)18-32(29(36)39-31(6,7)8)19-23(20-37-9)27(25-13-11-12-16-33-25)34(32)28(35)22-14-15-24(30(3,4)5)26(17-22)38-10/h11-17,21,23,27H,18-20H2,1-10H3/t23-,27+,32-/m0/s1. The summed E-state index contributed by atoms with van der Waals surface area (Å²) in [6, 6.07) is 10.8. The molecule has 214 valence electrons. The van der Waals surface area contributed by atoms with Crippen molar-refractivity contribution in [2.75, 3.05) is 20.8 Å². The number of hydrogen-bond donors (Lipinski definition) is 0. The number of pyridine rings is 1. The number of rotatable bonds is 8. The number of carbonyl (C=O) groups is 2. The van der Waals surface area contributed by atoms with Gasteiger partial charge in [0.25, 0.3) is 5.91 Å². The molecule has 0 radical (unpaired) electrons. The third-order valence-electron chi connectivity index (χ3n) is 7.16. The number of carbonyl (C=O) groups excluding carboxylic acids is 2. The van der Waals surface area contributed by atoms with E-state index < -0.39 is 23.2 Å². The molecule has 2 heterocycles. The summed E-state index contributed by atoms with van der Waals surface area (Å²) in [5.41, 5.74) is 0.101. The van der Waals surface area contributed by atoms with E-state index in [-0.39, 0.29) is 23.2 Å². The van der Waals surface area contributed by atoms with Gasteiger partial charge in [-0.2, -0.15) is 0 Å². The Morgan fingerprint density at radius 2 is 1.77 bits per heavy atom. The van der Waals surface area contributed by atoms with E-state index in [1.807, 2.05) is 51.1 Å². The molecule has 1 fully saturated rings. The van der Waals surface area contributed by atoms with Crippen LogP contribution in [0.5, 0.6) is 5.75 Å². The molecule has 0 unspecified atom stereocenters. The second-order valence-corrected chi connectivity index (χ2v) is 13.1. The third-order valence-corrected chi connectivity index (χ3v) is 7.16. The molecule has 1 aromatic carbocycles.